The van der Waals surface area contributed by atoms with Crippen molar-refractivity contribution in [2.45, 2.75) is 37.8 Å². The Morgan fingerprint density at radius 3 is 2.79 bits per heavy atom. The number of H-pyrrole nitrogens is 1. The minimum Gasteiger partial charge on any atom is -0.353 e. The number of thiophene rings is 2. The van der Waals surface area contributed by atoms with Crippen LogP contribution in [0.15, 0.2) is 22.3 Å². The molecule has 0 bridgehead atoms. The number of amides is 1. The highest BCUT2D eigenvalue weighted by Gasteiger charge is 2.20. The lowest BCUT2D eigenvalue weighted by atomic mass is 10.2. The number of hydrogen-bond acceptors (Lipinski definition) is 7. The van der Waals surface area contributed by atoms with Gasteiger partial charge in [-0.3, -0.25) is 9.59 Å². The summed E-state index contributed by atoms with van der Waals surface area (Å²) in [5.41, 5.74) is 0.890. The largest absolute Gasteiger partial charge is 0.353 e. The molecule has 2 atom stereocenters. The molecule has 0 spiro atoms. The van der Waals surface area contributed by atoms with Crippen LogP contribution in [0.1, 0.15) is 34.1 Å². The van der Waals surface area contributed by atoms with Crippen molar-refractivity contribution in [1.29, 1.82) is 0 Å². The van der Waals surface area contributed by atoms with Gasteiger partial charge in [0.1, 0.15) is 10.7 Å². The van der Waals surface area contributed by atoms with Crippen molar-refractivity contribution in [2.75, 3.05) is 20.6 Å². The van der Waals surface area contributed by atoms with Crippen molar-refractivity contribution in [3.63, 3.8) is 0 Å². The maximum atomic E-state index is 12.6. The molecule has 0 radical (unpaired) electrons. The van der Waals surface area contributed by atoms with Crippen LogP contribution in [0, 0.1) is 13.8 Å². The monoisotopic (exact) mass is 450 g/mol. The average molecular weight is 451 g/mol. The van der Waals surface area contributed by atoms with Crippen molar-refractivity contribution < 1.29 is 4.79 Å². The highest BCUT2D eigenvalue weighted by Crippen LogP contribution is 2.27. The van der Waals surface area contributed by atoms with Crippen molar-refractivity contribution in [2.24, 2.45) is 0 Å². The normalized spacial score (nSPS) is 13.7. The minimum absolute atomic E-state index is 0.00959. The van der Waals surface area contributed by atoms with Gasteiger partial charge in [0.2, 0.25) is 5.91 Å². The van der Waals surface area contributed by atoms with E-state index in [1.54, 1.807) is 11.3 Å². The molecule has 3 aromatic heterocycles. The van der Waals surface area contributed by atoms with Crippen LogP contribution in [-0.2, 0) is 10.5 Å². The summed E-state index contributed by atoms with van der Waals surface area (Å²) in [6, 6.07) is 4.27. The zero-order chi connectivity index (χ0) is 21.1. The van der Waals surface area contributed by atoms with E-state index >= 15 is 0 Å². The molecular weight excluding hydrogens is 424 g/mol. The maximum Gasteiger partial charge on any atom is 0.259 e. The zero-order valence-corrected chi connectivity index (χ0v) is 19.7. The number of nitrogens with zero attached hydrogens (tertiary/aromatic N) is 2. The lowest BCUT2D eigenvalue weighted by Crippen LogP contribution is -2.37. The first kappa shape index (κ1) is 22.0. The molecule has 0 aliphatic carbocycles. The molecule has 3 rings (SSSR count). The third kappa shape index (κ3) is 5.09. The van der Waals surface area contributed by atoms with Gasteiger partial charge in [0, 0.05) is 16.3 Å². The predicted octanol–water partition coefficient (Wildman–Crippen LogP) is 3.70. The molecule has 156 valence electrons. The molecule has 1 amide bonds. The Morgan fingerprint density at radius 2 is 2.14 bits per heavy atom. The van der Waals surface area contributed by atoms with E-state index in [4.69, 9.17) is 0 Å². The fourth-order valence-electron chi connectivity index (χ4n) is 3.01. The van der Waals surface area contributed by atoms with E-state index in [1.807, 2.05) is 46.3 Å². The Morgan fingerprint density at radius 1 is 1.38 bits per heavy atom. The van der Waals surface area contributed by atoms with Gasteiger partial charge in [0.25, 0.3) is 5.56 Å². The molecule has 3 aromatic rings. The molecular formula is C20H26N4O2S3. The van der Waals surface area contributed by atoms with Crippen LogP contribution in [0.2, 0.25) is 0 Å². The molecule has 9 heteroatoms. The summed E-state index contributed by atoms with van der Waals surface area (Å²) < 4.78 is 0. The molecule has 3 heterocycles. The Balaban J connectivity index is 1.59. The van der Waals surface area contributed by atoms with Gasteiger partial charge >= 0.3 is 0 Å². The number of rotatable bonds is 8. The van der Waals surface area contributed by atoms with Crippen molar-refractivity contribution in [3.8, 4) is 0 Å². The average Bonchev–Trinajstić information content (AvgIpc) is 3.28. The van der Waals surface area contributed by atoms with E-state index in [0.717, 1.165) is 15.3 Å². The Hall–Kier alpha value is -1.68. The lowest BCUT2D eigenvalue weighted by molar-refractivity contribution is -0.120. The van der Waals surface area contributed by atoms with E-state index in [2.05, 4.69) is 26.3 Å². The number of nitrogens with one attached hydrogen (secondary N) is 2. The number of fused-ring (bicyclic) bond motifs is 1. The van der Waals surface area contributed by atoms with Crippen LogP contribution in [0.5, 0.6) is 0 Å². The Bertz CT molecular complexity index is 1040. The number of likely N-dealkylation sites (N-methyl/N-ethyl adjacent to an activating group) is 1. The van der Waals surface area contributed by atoms with Crippen molar-refractivity contribution in [1.82, 2.24) is 20.2 Å². The second-order valence-electron chi connectivity index (χ2n) is 7.17. The molecule has 0 aromatic carbocycles. The number of carbonyl (C=O) groups is 1. The highest BCUT2D eigenvalue weighted by molar-refractivity contribution is 7.99. The summed E-state index contributed by atoms with van der Waals surface area (Å²) in [5, 5.41) is 5.54. The molecule has 0 aliphatic rings. The van der Waals surface area contributed by atoms with E-state index in [1.165, 1.54) is 28.0 Å². The number of hydrogen-bond donors (Lipinski definition) is 2. The third-order valence-electron chi connectivity index (χ3n) is 4.89. The van der Waals surface area contributed by atoms with Crippen LogP contribution in [0.25, 0.3) is 10.2 Å². The fraction of sp³-hybridized carbons (Fsp3) is 0.450. The number of aromatic amines is 1. The van der Waals surface area contributed by atoms with Gasteiger partial charge in [0.05, 0.1) is 22.4 Å². The number of aromatic nitrogens is 2. The minimum atomic E-state index is -0.242. The summed E-state index contributed by atoms with van der Waals surface area (Å²) in [7, 11) is 4.03. The van der Waals surface area contributed by atoms with Crippen LogP contribution < -0.4 is 10.9 Å². The third-order valence-corrected chi connectivity index (χ3v) is 8.12. The number of carbonyl (C=O) groups excluding carboxylic acids is 1. The summed E-state index contributed by atoms with van der Waals surface area (Å²) in [4.78, 5) is 37.6. The summed E-state index contributed by atoms with van der Waals surface area (Å²) in [6.45, 7) is 6.39. The van der Waals surface area contributed by atoms with Crippen LogP contribution in [0.3, 0.4) is 0 Å². The van der Waals surface area contributed by atoms with E-state index in [0.29, 0.717) is 23.5 Å². The van der Waals surface area contributed by atoms with Crippen LogP contribution in [0.4, 0.5) is 0 Å². The SMILES string of the molecule is Cc1sc2nc(CSC(C)C(=O)NCC(c3cccs3)N(C)C)[nH]c(=O)c2c1C. The van der Waals surface area contributed by atoms with Crippen molar-refractivity contribution >= 4 is 50.6 Å². The number of thioether (sulfide) groups is 1. The molecule has 0 saturated carbocycles. The smallest absolute Gasteiger partial charge is 0.259 e. The maximum absolute atomic E-state index is 12.6. The summed E-state index contributed by atoms with van der Waals surface area (Å²) in [5.74, 6) is 1.08. The standard InChI is InChI=1S/C20H26N4O2S3/c1-11-12(2)29-20-17(11)19(26)22-16(23-20)10-28-13(3)18(25)21-9-14(24(4)5)15-7-6-8-27-15/h6-8,13-14H,9-10H2,1-5H3,(H,21,25)(H,22,23,26). The van der Waals surface area contributed by atoms with Gasteiger partial charge in [0.15, 0.2) is 0 Å². The van der Waals surface area contributed by atoms with Crippen LogP contribution >= 0.6 is 34.4 Å². The molecule has 0 saturated heterocycles. The molecule has 29 heavy (non-hydrogen) atoms. The topological polar surface area (TPSA) is 78.1 Å². The summed E-state index contributed by atoms with van der Waals surface area (Å²) >= 11 is 4.70. The van der Waals surface area contributed by atoms with Gasteiger partial charge in [-0.2, -0.15) is 0 Å². The quantitative estimate of drug-likeness (QED) is 0.547. The second kappa shape index (κ2) is 9.42. The fourth-order valence-corrected chi connectivity index (χ4v) is 5.76. The molecule has 6 nitrogen and oxygen atoms in total. The lowest BCUT2D eigenvalue weighted by Gasteiger charge is -2.24. The molecule has 0 aliphatic heterocycles. The van der Waals surface area contributed by atoms with E-state index in [-0.39, 0.29) is 22.8 Å². The molecule has 0 fully saturated rings. The predicted molar refractivity (Wildman–Crippen MR) is 124 cm³/mol. The van der Waals surface area contributed by atoms with E-state index < -0.39 is 0 Å². The van der Waals surface area contributed by atoms with Crippen LogP contribution in [-0.4, -0.2) is 46.7 Å². The van der Waals surface area contributed by atoms with Crippen molar-refractivity contribution in [3.05, 3.63) is 49.0 Å². The van der Waals surface area contributed by atoms with Gasteiger partial charge in [-0.25, -0.2) is 4.98 Å². The molecule has 2 unspecified atom stereocenters. The first-order valence-corrected chi connectivity index (χ1v) is 12.1. The first-order chi connectivity index (χ1) is 13.8. The summed E-state index contributed by atoms with van der Waals surface area (Å²) in [6.07, 6.45) is 0. The van der Waals surface area contributed by atoms with Gasteiger partial charge in [-0.1, -0.05) is 6.07 Å². The Labute approximate surface area is 182 Å². The van der Waals surface area contributed by atoms with Gasteiger partial charge < -0.3 is 15.2 Å². The number of aryl methyl sites for hydroxylation is 2. The highest BCUT2D eigenvalue weighted by atomic mass is 32.2. The second-order valence-corrected chi connectivity index (χ2v) is 10.7. The first-order valence-electron chi connectivity index (χ1n) is 9.36. The zero-order valence-electron chi connectivity index (χ0n) is 17.2. The van der Waals surface area contributed by atoms with Gasteiger partial charge in [-0.15, -0.1) is 34.4 Å². The Kier molecular flexibility index (Phi) is 7.15. The molecule has 2 N–H and O–H groups in total. The van der Waals surface area contributed by atoms with Gasteiger partial charge in [-0.05, 0) is 51.9 Å². The van der Waals surface area contributed by atoms with E-state index in [9.17, 15) is 9.59 Å².